The SMILES string of the molecule is CCn1nc(C(=O)N2CCC[C@@H]2c2cncc(CNC(C)=O)n2)cc1C. The number of nitrogens with zero attached hydrogens (tertiary/aromatic N) is 5. The fourth-order valence-electron chi connectivity index (χ4n) is 3.28. The van der Waals surface area contributed by atoms with Crippen molar-refractivity contribution in [3.63, 3.8) is 0 Å². The highest BCUT2D eigenvalue weighted by molar-refractivity contribution is 5.92. The van der Waals surface area contributed by atoms with Gasteiger partial charge in [0.1, 0.15) is 0 Å². The third-order valence-electron chi connectivity index (χ3n) is 4.58. The third kappa shape index (κ3) is 3.74. The zero-order valence-electron chi connectivity index (χ0n) is 15.4. The highest BCUT2D eigenvalue weighted by atomic mass is 16.2. The minimum absolute atomic E-state index is 0.0723. The predicted octanol–water partition coefficient (Wildman–Crippen LogP) is 1.61. The number of amides is 2. The summed E-state index contributed by atoms with van der Waals surface area (Å²) in [5.74, 6) is -0.186. The first-order chi connectivity index (χ1) is 12.5. The van der Waals surface area contributed by atoms with Crippen LogP contribution in [0.1, 0.15) is 60.3 Å². The summed E-state index contributed by atoms with van der Waals surface area (Å²) in [6, 6.07) is 1.72. The van der Waals surface area contributed by atoms with E-state index in [9.17, 15) is 9.59 Å². The molecule has 3 rings (SSSR count). The zero-order valence-corrected chi connectivity index (χ0v) is 15.4. The quantitative estimate of drug-likeness (QED) is 0.879. The van der Waals surface area contributed by atoms with Crippen molar-refractivity contribution in [2.45, 2.75) is 52.7 Å². The van der Waals surface area contributed by atoms with E-state index < -0.39 is 0 Å². The molecule has 0 radical (unpaired) electrons. The van der Waals surface area contributed by atoms with Gasteiger partial charge in [0.25, 0.3) is 5.91 Å². The van der Waals surface area contributed by atoms with Crippen molar-refractivity contribution in [2.24, 2.45) is 0 Å². The Morgan fingerprint density at radius 1 is 1.35 bits per heavy atom. The molecule has 1 fully saturated rings. The van der Waals surface area contributed by atoms with E-state index >= 15 is 0 Å². The number of nitrogens with one attached hydrogen (secondary N) is 1. The van der Waals surface area contributed by atoms with Crippen molar-refractivity contribution in [2.75, 3.05) is 6.54 Å². The minimum atomic E-state index is -0.114. The van der Waals surface area contributed by atoms with Gasteiger partial charge in [0.2, 0.25) is 5.91 Å². The van der Waals surface area contributed by atoms with Gasteiger partial charge in [-0.1, -0.05) is 0 Å². The largest absolute Gasteiger partial charge is 0.351 e. The predicted molar refractivity (Wildman–Crippen MR) is 95.2 cm³/mol. The topological polar surface area (TPSA) is 93.0 Å². The Morgan fingerprint density at radius 2 is 2.15 bits per heavy atom. The van der Waals surface area contributed by atoms with Gasteiger partial charge in [-0.3, -0.25) is 24.2 Å². The van der Waals surface area contributed by atoms with Gasteiger partial charge in [0, 0.05) is 25.7 Å². The first kappa shape index (κ1) is 18.0. The number of likely N-dealkylation sites (tertiary alicyclic amines) is 1. The van der Waals surface area contributed by atoms with Crippen LogP contribution >= 0.6 is 0 Å². The second-order valence-corrected chi connectivity index (χ2v) is 6.49. The molecule has 1 aliphatic rings. The Labute approximate surface area is 152 Å². The van der Waals surface area contributed by atoms with E-state index in [1.807, 2.05) is 29.5 Å². The second kappa shape index (κ2) is 7.63. The molecule has 1 aliphatic heterocycles. The van der Waals surface area contributed by atoms with E-state index in [0.717, 1.165) is 30.8 Å². The number of aryl methyl sites for hydroxylation is 2. The molecule has 26 heavy (non-hydrogen) atoms. The number of hydrogen-bond acceptors (Lipinski definition) is 5. The van der Waals surface area contributed by atoms with Gasteiger partial charge >= 0.3 is 0 Å². The molecule has 0 saturated carbocycles. The zero-order chi connectivity index (χ0) is 18.7. The number of aromatic nitrogens is 4. The minimum Gasteiger partial charge on any atom is -0.351 e. The van der Waals surface area contributed by atoms with Crippen molar-refractivity contribution in [3.05, 3.63) is 41.2 Å². The molecular formula is C18H24N6O2. The maximum atomic E-state index is 13.0. The summed E-state index contributed by atoms with van der Waals surface area (Å²) in [5.41, 5.74) is 2.88. The van der Waals surface area contributed by atoms with Crippen LogP contribution < -0.4 is 5.32 Å². The van der Waals surface area contributed by atoms with Crippen molar-refractivity contribution >= 4 is 11.8 Å². The molecular weight excluding hydrogens is 332 g/mol. The average molecular weight is 356 g/mol. The van der Waals surface area contributed by atoms with E-state index in [1.165, 1.54) is 6.92 Å². The normalized spacial score (nSPS) is 16.7. The molecule has 138 valence electrons. The monoisotopic (exact) mass is 356 g/mol. The smallest absolute Gasteiger partial charge is 0.274 e. The summed E-state index contributed by atoms with van der Waals surface area (Å²) in [6.07, 6.45) is 5.09. The van der Waals surface area contributed by atoms with Crippen molar-refractivity contribution in [1.82, 2.24) is 30.0 Å². The average Bonchev–Trinajstić information content (AvgIpc) is 3.26. The van der Waals surface area contributed by atoms with Crippen LogP contribution in [0.3, 0.4) is 0 Å². The molecule has 0 spiro atoms. The van der Waals surface area contributed by atoms with E-state index in [-0.39, 0.29) is 17.9 Å². The lowest BCUT2D eigenvalue weighted by Gasteiger charge is -2.23. The Kier molecular flexibility index (Phi) is 5.29. The molecule has 8 nitrogen and oxygen atoms in total. The molecule has 0 bridgehead atoms. The van der Waals surface area contributed by atoms with Crippen LogP contribution in [0.2, 0.25) is 0 Å². The Morgan fingerprint density at radius 3 is 2.85 bits per heavy atom. The number of carbonyl (C=O) groups excluding carboxylic acids is 2. The van der Waals surface area contributed by atoms with Crippen molar-refractivity contribution < 1.29 is 9.59 Å². The van der Waals surface area contributed by atoms with Crippen LogP contribution in [0, 0.1) is 6.92 Å². The van der Waals surface area contributed by atoms with E-state index in [0.29, 0.717) is 24.5 Å². The van der Waals surface area contributed by atoms with Crippen molar-refractivity contribution in [1.29, 1.82) is 0 Å². The van der Waals surface area contributed by atoms with Gasteiger partial charge in [0.15, 0.2) is 5.69 Å². The number of carbonyl (C=O) groups is 2. The molecule has 1 N–H and O–H groups in total. The molecule has 2 aromatic rings. The van der Waals surface area contributed by atoms with Gasteiger partial charge in [-0.2, -0.15) is 5.10 Å². The summed E-state index contributed by atoms with van der Waals surface area (Å²) >= 11 is 0. The molecule has 0 aliphatic carbocycles. The maximum Gasteiger partial charge on any atom is 0.274 e. The van der Waals surface area contributed by atoms with Crippen LogP contribution in [-0.4, -0.2) is 43.0 Å². The summed E-state index contributed by atoms with van der Waals surface area (Å²) in [5, 5.41) is 7.13. The fourth-order valence-corrected chi connectivity index (χ4v) is 3.28. The summed E-state index contributed by atoms with van der Waals surface area (Å²) < 4.78 is 1.83. The third-order valence-corrected chi connectivity index (χ3v) is 4.58. The molecule has 1 atom stereocenters. The fraction of sp³-hybridized carbons (Fsp3) is 0.500. The number of hydrogen-bond donors (Lipinski definition) is 1. The lowest BCUT2D eigenvalue weighted by atomic mass is 10.1. The molecule has 3 heterocycles. The standard InChI is InChI=1S/C18H24N6O2/c1-4-24-12(2)8-15(22-24)18(26)23-7-5-6-17(23)16-11-19-9-14(21-16)10-20-13(3)25/h8-9,11,17H,4-7,10H2,1-3H3,(H,20,25)/t17-/m1/s1. The van der Waals surface area contributed by atoms with Gasteiger partial charge in [-0.15, -0.1) is 0 Å². The molecule has 2 amide bonds. The first-order valence-corrected chi connectivity index (χ1v) is 8.90. The Hall–Kier alpha value is -2.77. The molecule has 0 aromatic carbocycles. The molecule has 0 unspecified atom stereocenters. The van der Waals surface area contributed by atoms with Crippen LogP contribution in [0.15, 0.2) is 18.5 Å². The van der Waals surface area contributed by atoms with Crippen LogP contribution in [0.5, 0.6) is 0 Å². The van der Waals surface area contributed by atoms with Crippen LogP contribution in [-0.2, 0) is 17.9 Å². The summed E-state index contributed by atoms with van der Waals surface area (Å²) in [7, 11) is 0. The lowest BCUT2D eigenvalue weighted by Crippen LogP contribution is -2.31. The highest BCUT2D eigenvalue weighted by Crippen LogP contribution is 2.31. The maximum absolute atomic E-state index is 13.0. The Balaban J connectivity index is 1.80. The second-order valence-electron chi connectivity index (χ2n) is 6.49. The lowest BCUT2D eigenvalue weighted by molar-refractivity contribution is -0.119. The van der Waals surface area contributed by atoms with Gasteiger partial charge in [-0.05, 0) is 32.8 Å². The first-order valence-electron chi connectivity index (χ1n) is 8.90. The van der Waals surface area contributed by atoms with Crippen LogP contribution in [0.25, 0.3) is 0 Å². The summed E-state index contributed by atoms with van der Waals surface area (Å²) in [4.78, 5) is 34.7. The summed E-state index contributed by atoms with van der Waals surface area (Å²) in [6.45, 7) is 7.16. The van der Waals surface area contributed by atoms with Crippen LogP contribution in [0.4, 0.5) is 0 Å². The van der Waals surface area contributed by atoms with E-state index in [2.05, 4.69) is 20.4 Å². The van der Waals surface area contributed by atoms with Crippen molar-refractivity contribution in [3.8, 4) is 0 Å². The molecule has 1 saturated heterocycles. The van der Waals surface area contributed by atoms with Gasteiger partial charge in [0.05, 0.1) is 36.4 Å². The van der Waals surface area contributed by atoms with E-state index in [4.69, 9.17) is 0 Å². The van der Waals surface area contributed by atoms with Gasteiger partial charge < -0.3 is 10.2 Å². The van der Waals surface area contributed by atoms with Gasteiger partial charge in [-0.25, -0.2) is 0 Å². The Bertz CT molecular complexity index is 816. The molecule has 8 heteroatoms. The number of rotatable bonds is 5. The molecule has 2 aromatic heterocycles. The van der Waals surface area contributed by atoms with E-state index in [1.54, 1.807) is 12.4 Å². The highest BCUT2D eigenvalue weighted by Gasteiger charge is 2.33.